The van der Waals surface area contributed by atoms with Crippen LogP contribution in [0.15, 0.2) is 0 Å². The molecule has 0 bridgehead atoms. The number of nitrogens with one attached hydrogen (secondary N) is 1. The maximum Gasteiger partial charge on any atom is 0.0198 e. The normalized spacial score (nSPS) is 42.0. The van der Waals surface area contributed by atoms with Crippen molar-refractivity contribution in [1.29, 1.82) is 0 Å². The predicted molar refractivity (Wildman–Crippen MR) is 73.0 cm³/mol. The van der Waals surface area contributed by atoms with Crippen LogP contribution < -0.4 is 5.32 Å². The summed E-state index contributed by atoms with van der Waals surface area (Å²) in [7, 11) is 0. The molecule has 1 nitrogen and oxygen atoms in total. The van der Waals surface area contributed by atoms with Crippen molar-refractivity contribution < 1.29 is 0 Å². The Kier molecular flexibility index (Phi) is 4.71. The van der Waals surface area contributed by atoms with Gasteiger partial charge in [-0.05, 0) is 31.3 Å². The first kappa shape index (κ1) is 12.1. The molecule has 1 saturated heterocycles. The Morgan fingerprint density at radius 1 is 1.13 bits per heavy atom. The molecule has 2 rings (SSSR count). The maximum atomic E-state index is 3.93. The molecule has 1 aliphatic carbocycles. The zero-order valence-corrected chi connectivity index (χ0v) is 11.5. The monoisotopic (exact) mass is 245 g/mol. The summed E-state index contributed by atoms with van der Waals surface area (Å²) in [5.74, 6) is 1.36. The molecule has 0 radical (unpaired) electrons. The highest BCUT2D eigenvalue weighted by molar-refractivity contribution is 8.00. The lowest BCUT2D eigenvalue weighted by atomic mass is 9.93. The zero-order valence-electron chi connectivity index (χ0n) is 9.87. The van der Waals surface area contributed by atoms with E-state index in [-0.39, 0.29) is 0 Å². The fourth-order valence-corrected chi connectivity index (χ4v) is 4.95. The van der Waals surface area contributed by atoms with Gasteiger partial charge in [0.25, 0.3) is 0 Å². The first-order valence-corrected chi connectivity index (χ1v) is 8.55. The second-order valence-corrected chi connectivity index (χ2v) is 7.36. The van der Waals surface area contributed by atoms with Crippen molar-refractivity contribution in [2.75, 3.05) is 12.0 Å². The highest BCUT2D eigenvalue weighted by Crippen LogP contribution is 2.31. The largest absolute Gasteiger partial charge is 0.309 e. The molecule has 1 aliphatic heterocycles. The van der Waals surface area contributed by atoms with Crippen molar-refractivity contribution in [2.24, 2.45) is 0 Å². The highest BCUT2D eigenvalue weighted by Gasteiger charge is 2.30. The molecule has 15 heavy (non-hydrogen) atoms. The van der Waals surface area contributed by atoms with Crippen LogP contribution >= 0.6 is 23.5 Å². The molecular formula is C12H23NS2. The average Bonchev–Trinajstić information content (AvgIpc) is 2.65. The van der Waals surface area contributed by atoms with Crippen molar-refractivity contribution in [1.82, 2.24) is 5.32 Å². The van der Waals surface area contributed by atoms with Gasteiger partial charge in [0, 0.05) is 22.6 Å². The Hall–Kier alpha value is 0.660. The molecule has 88 valence electrons. The van der Waals surface area contributed by atoms with E-state index in [2.05, 4.69) is 42.0 Å². The van der Waals surface area contributed by atoms with Crippen LogP contribution in [0.3, 0.4) is 0 Å². The van der Waals surface area contributed by atoms with Gasteiger partial charge >= 0.3 is 0 Å². The van der Waals surface area contributed by atoms with E-state index in [9.17, 15) is 0 Å². The van der Waals surface area contributed by atoms with E-state index in [1.165, 1.54) is 37.9 Å². The van der Waals surface area contributed by atoms with E-state index < -0.39 is 0 Å². The van der Waals surface area contributed by atoms with Crippen molar-refractivity contribution in [3.8, 4) is 0 Å². The van der Waals surface area contributed by atoms with Gasteiger partial charge in [-0.1, -0.05) is 19.8 Å². The summed E-state index contributed by atoms with van der Waals surface area (Å²) in [6, 6.07) is 1.58. The van der Waals surface area contributed by atoms with Crippen molar-refractivity contribution in [3.63, 3.8) is 0 Å². The lowest BCUT2D eigenvalue weighted by molar-refractivity contribution is 0.344. The third kappa shape index (κ3) is 3.07. The molecule has 4 atom stereocenters. The van der Waals surface area contributed by atoms with Crippen LogP contribution in [0.25, 0.3) is 0 Å². The Morgan fingerprint density at radius 3 is 2.60 bits per heavy atom. The first-order chi connectivity index (χ1) is 7.31. The first-order valence-electron chi connectivity index (χ1n) is 6.21. The van der Waals surface area contributed by atoms with E-state index in [1.807, 2.05) is 0 Å². The van der Waals surface area contributed by atoms with E-state index in [4.69, 9.17) is 0 Å². The molecule has 3 heteroatoms. The summed E-state index contributed by atoms with van der Waals surface area (Å²) in [6.45, 7) is 2.38. The minimum absolute atomic E-state index is 0.785. The fourth-order valence-electron chi connectivity index (χ4n) is 2.80. The average molecular weight is 245 g/mol. The molecule has 2 aliphatic rings. The van der Waals surface area contributed by atoms with Gasteiger partial charge in [-0.3, -0.25) is 0 Å². The quantitative estimate of drug-likeness (QED) is 0.820. The minimum Gasteiger partial charge on any atom is -0.309 e. The van der Waals surface area contributed by atoms with Crippen LogP contribution in [-0.2, 0) is 0 Å². The van der Waals surface area contributed by atoms with Gasteiger partial charge in [-0.25, -0.2) is 0 Å². The smallest absolute Gasteiger partial charge is 0.0198 e. The standard InChI is InChI=1S/C12H23NS2/c1-9-10(7-8-15-9)13-11-5-3-4-6-12(11)14-2/h9-13H,3-8H2,1-2H3. The summed E-state index contributed by atoms with van der Waals surface area (Å²) in [5.41, 5.74) is 0. The van der Waals surface area contributed by atoms with Gasteiger partial charge in [-0.2, -0.15) is 23.5 Å². The maximum absolute atomic E-state index is 3.93. The van der Waals surface area contributed by atoms with Gasteiger partial charge in [0.15, 0.2) is 0 Å². The highest BCUT2D eigenvalue weighted by atomic mass is 32.2. The van der Waals surface area contributed by atoms with Crippen molar-refractivity contribution >= 4 is 23.5 Å². The molecule has 4 unspecified atom stereocenters. The summed E-state index contributed by atoms with van der Waals surface area (Å²) >= 11 is 4.20. The van der Waals surface area contributed by atoms with Crippen molar-refractivity contribution in [3.05, 3.63) is 0 Å². The Morgan fingerprint density at radius 2 is 1.93 bits per heavy atom. The SMILES string of the molecule is CSC1CCCCC1NC1CCSC1C. The van der Waals surface area contributed by atoms with Gasteiger partial charge in [0.1, 0.15) is 0 Å². The van der Waals surface area contributed by atoms with Crippen LogP contribution in [-0.4, -0.2) is 34.6 Å². The summed E-state index contributed by atoms with van der Waals surface area (Å²) in [5, 5.41) is 5.63. The number of rotatable bonds is 3. The summed E-state index contributed by atoms with van der Waals surface area (Å²) < 4.78 is 0. The third-order valence-electron chi connectivity index (χ3n) is 3.81. The Bertz CT molecular complexity index is 198. The molecule has 2 fully saturated rings. The molecule has 0 spiro atoms. The van der Waals surface area contributed by atoms with Crippen LogP contribution in [0, 0.1) is 0 Å². The number of hydrogen-bond donors (Lipinski definition) is 1. The molecule has 0 amide bonds. The van der Waals surface area contributed by atoms with E-state index >= 15 is 0 Å². The van der Waals surface area contributed by atoms with Crippen molar-refractivity contribution in [2.45, 2.75) is 61.6 Å². The molecule has 1 saturated carbocycles. The fraction of sp³-hybridized carbons (Fsp3) is 1.00. The molecule has 0 aromatic carbocycles. The minimum atomic E-state index is 0.785. The van der Waals surface area contributed by atoms with Gasteiger partial charge in [-0.15, -0.1) is 0 Å². The molecule has 1 heterocycles. The van der Waals surface area contributed by atoms with Crippen LogP contribution in [0.2, 0.25) is 0 Å². The molecule has 1 N–H and O–H groups in total. The Balaban J connectivity index is 1.85. The van der Waals surface area contributed by atoms with E-state index in [0.29, 0.717) is 0 Å². The zero-order chi connectivity index (χ0) is 10.7. The summed E-state index contributed by atoms with van der Waals surface area (Å²) in [4.78, 5) is 0. The van der Waals surface area contributed by atoms with Gasteiger partial charge in [0.05, 0.1) is 0 Å². The van der Waals surface area contributed by atoms with Crippen LogP contribution in [0.4, 0.5) is 0 Å². The molecule has 0 aromatic heterocycles. The lowest BCUT2D eigenvalue weighted by Gasteiger charge is -2.34. The topological polar surface area (TPSA) is 12.0 Å². The predicted octanol–water partition coefficient (Wildman–Crippen LogP) is 3.14. The van der Waals surface area contributed by atoms with E-state index in [0.717, 1.165) is 22.6 Å². The summed E-state index contributed by atoms with van der Waals surface area (Å²) in [6.07, 6.45) is 9.36. The Labute approximate surface area is 103 Å². The van der Waals surface area contributed by atoms with Gasteiger partial charge < -0.3 is 5.32 Å². The van der Waals surface area contributed by atoms with E-state index in [1.54, 1.807) is 0 Å². The second-order valence-electron chi connectivity index (χ2n) is 4.80. The molecular weight excluding hydrogens is 222 g/mol. The number of thioether (sulfide) groups is 2. The second kappa shape index (κ2) is 5.83. The van der Waals surface area contributed by atoms with Crippen LogP contribution in [0.1, 0.15) is 39.0 Å². The number of hydrogen-bond acceptors (Lipinski definition) is 3. The molecule has 0 aromatic rings. The van der Waals surface area contributed by atoms with Crippen LogP contribution in [0.5, 0.6) is 0 Å². The third-order valence-corrected chi connectivity index (χ3v) is 6.31. The lowest BCUT2D eigenvalue weighted by Crippen LogP contribution is -2.47. The van der Waals surface area contributed by atoms with Gasteiger partial charge in [0.2, 0.25) is 0 Å².